The molecule has 1 unspecified atom stereocenters. The second-order valence-electron chi connectivity index (χ2n) is 7.45. The molecule has 0 aliphatic carbocycles. The molecule has 1 amide bonds. The molecule has 2 fully saturated rings. The molecule has 0 saturated carbocycles. The van der Waals surface area contributed by atoms with Gasteiger partial charge in [-0.25, -0.2) is 4.39 Å². The van der Waals surface area contributed by atoms with Crippen molar-refractivity contribution in [2.24, 2.45) is 11.8 Å². The van der Waals surface area contributed by atoms with Crippen LogP contribution in [0.1, 0.15) is 50.2 Å². The Kier molecular flexibility index (Phi) is 8.32. The molecule has 26 heavy (non-hydrogen) atoms. The third kappa shape index (κ3) is 5.66. The van der Waals surface area contributed by atoms with Gasteiger partial charge < -0.3 is 15.3 Å². The average molecular weight is 385 g/mol. The summed E-state index contributed by atoms with van der Waals surface area (Å²) in [6.45, 7) is 3.58. The first-order chi connectivity index (χ1) is 12.1. The molecule has 6 heteroatoms. The van der Waals surface area contributed by atoms with Gasteiger partial charge >= 0.3 is 0 Å². The van der Waals surface area contributed by atoms with E-state index in [0.717, 1.165) is 37.9 Å². The second-order valence-corrected chi connectivity index (χ2v) is 7.45. The van der Waals surface area contributed by atoms with Crippen molar-refractivity contribution in [3.63, 3.8) is 0 Å². The Morgan fingerprint density at radius 2 is 1.77 bits per heavy atom. The molecule has 4 nitrogen and oxygen atoms in total. The molecule has 2 aliphatic heterocycles. The number of hydrogen-bond acceptors (Lipinski definition) is 3. The van der Waals surface area contributed by atoms with Crippen molar-refractivity contribution < 1.29 is 14.3 Å². The van der Waals surface area contributed by atoms with Crippen LogP contribution < -0.4 is 5.32 Å². The Morgan fingerprint density at radius 1 is 1.15 bits per heavy atom. The molecular weight excluding hydrogens is 355 g/mol. The number of nitrogens with zero attached hydrogens (tertiary/aromatic N) is 1. The zero-order valence-electron chi connectivity index (χ0n) is 15.2. The number of hydrogen-bond donors (Lipinski definition) is 2. The minimum absolute atomic E-state index is 0. The predicted octanol–water partition coefficient (Wildman–Crippen LogP) is 3.30. The van der Waals surface area contributed by atoms with Crippen LogP contribution in [-0.2, 0) is 4.79 Å². The number of carbonyl (C=O) groups is 1. The summed E-state index contributed by atoms with van der Waals surface area (Å²) in [7, 11) is 0. The number of rotatable bonds is 5. The van der Waals surface area contributed by atoms with Crippen LogP contribution in [-0.4, -0.2) is 42.1 Å². The number of likely N-dealkylation sites (tertiary alicyclic amines) is 1. The number of carbonyl (C=O) groups excluding carboxylic acids is 1. The fraction of sp³-hybridized carbons (Fsp3) is 0.650. The van der Waals surface area contributed by atoms with E-state index in [0.29, 0.717) is 25.4 Å². The standard InChI is InChI=1S/C20H29FN2O2.ClH/c21-18-4-2-16(3-5-18)20(25)17-9-13-23(14-10-17)19(24)6-1-15-7-11-22-12-8-15;/h2-5,15,17,20,22,25H,1,6-14H2;1H. The summed E-state index contributed by atoms with van der Waals surface area (Å²) in [5.41, 5.74) is 0.761. The van der Waals surface area contributed by atoms with E-state index in [-0.39, 0.29) is 30.0 Å². The maximum atomic E-state index is 13.0. The number of halogens is 2. The van der Waals surface area contributed by atoms with Crippen LogP contribution in [0.25, 0.3) is 0 Å². The van der Waals surface area contributed by atoms with E-state index in [9.17, 15) is 14.3 Å². The second kappa shape index (κ2) is 10.2. The maximum absolute atomic E-state index is 13.0. The zero-order chi connectivity index (χ0) is 17.6. The predicted molar refractivity (Wildman–Crippen MR) is 103 cm³/mol. The molecule has 146 valence electrons. The molecule has 2 N–H and O–H groups in total. The summed E-state index contributed by atoms with van der Waals surface area (Å²) in [6.07, 6.45) is 5.04. The molecule has 1 aromatic rings. The molecule has 0 spiro atoms. The fourth-order valence-corrected chi connectivity index (χ4v) is 4.05. The molecule has 1 aromatic carbocycles. The fourth-order valence-electron chi connectivity index (χ4n) is 4.05. The molecule has 0 aromatic heterocycles. The minimum atomic E-state index is -0.576. The minimum Gasteiger partial charge on any atom is -0.388 e. The van der Waals surface area contributed by atoms with E-state index < -0.39 is 6.10 Å². The molecule has 2 aliphatic rings. The van der Waals surface area contributed by atoms with Crippen molar-refractivity contribution in [3.8, 4) is 0 Å². The third-order valence-corrected chi connectivity index (χ3v) is 5.78. The summed E-state index contributed by atoms with van der Waals surface area (Å²) >= 11 is 0. The van der Waals surface area contributed by atoms with Gasteiger partial charge in [0.2, 0.25) is 5.91 Å². The number of piperidine rings is 2. The van der Waals surface area contributed by atoms with E-state index in [1.807, 2.05) is 4.90 Å². The molecule has 2 heterocycles. The number of nitrogens with one attached hydrogen (secondary N) is 1. The van der Waals surface area contributed by atoms with Gasteiger partial charge in [0.05, 0.1) is 6.10 Å². The summed E-state index contributed by atoms with van der Waals surface area (Å²) < 4.78 is 13.0. The van der Waals surface area contributed by atoms with Gasteiger partial charge in [0.15, 0.2) is 0 Å². The normalized spacial score (nSPS) is 20.5. The SMILES string of the molecule is Cl.O=C(CCC1CCNCC1)N1CCC(C(O)c2ccc(F)cc2)CC1. The summed E-state index contributed by atoms with van der Waals surface area (Å²) in [4.78, 5) is 14.4. The first-order valence-corrected chi connectivity index (χ1v) is 9.55. The van der Waals surface area contributed by atoms with E-state index >= 15 is 0 Å². The quantitative estimate of drug-likeness (QED) is 0.819. The molecule has 0 bridgehead atoms. The van der Waals surface area contributed by atoms with Gasteiger partial charge in [-0.2, -0.15) is 0 Å². The lowest BCUT2D eigenvalue weighted by Crippen LogP contribution is -2.40. The first-order valence-electron chi connectivity index (χ1n) is 9.55. The van der Waals surface area contributed by atoms with Crippen LogP contribution in [0, 0.1) is 17.7 Å². The Bertz CT molecular complexity index is 555. The van der Waals surface area contributed by atoms with Gasteiger partial charge in [-0.05, 0) is 74.7 Å². The van der Waals surface area contributed by atoms with E-state index in [1.165, 1.54) is 25.0 Å². The Balaban J connectivity index is 0.00000243. The number of benzene rings is 1. The highest BCUT2D eigenvalue weighted by Gasteiger charge is 2.28. The molecular formula is C20H30ClFN2O2. The van der Waals surface area contributed by atoms with Gasteiger partial charge in [0.25, 0.3) is 0 Å². The van der Waals surface area contributed by atoms with E-state index in [4.69, 9.17) is 0 Å². The number of aliphatic hydroxyl groups is 1. The lowest BCUT2D eigenvalue weighted by molar-refractivity contribution is -0.133. The molecule has 0 radical (unpaired) electrons. The Morgan fingerprint density at radius 3 is 2.38 bits per heavy atom. The van der Waals surface area contributed by atoms with Gasteiger partial charge in [0, 0.05) is 19.5 Å². The average Bonchev–Trinajstić information content (AvgIpc) is 2.67. The van der Waals surface area contributed by atoms with Crippen molar-refractivity contribution in [1.29, 1.82) is 0 Å². The lowest BCUT2D eigenvalue weighted by Gasteiger charge is -2.35. The number of amides is 1. The lowest BCUT2D eigenvalue weighted by atomic mass is 9.87. The topological polar surface area (TPSA) is 52.6 Å². The van der Waals surface area contributed by atoms with Gasteiger partial charge in [-0.3, -0.25) is 4.79 Å². The zero-order valence-corrected chi connectivity index (χ0v) is 16.0. The van der Waals surface area contributed by atoms with Crippen LogP contribution in [0.2, 0.25) is 0 Å². The van der Waals surface area contributed by atoms with Crippen molar-refractivity contribution in [2.45, 2.75) is 44.6 Å². The van der Waals surface area contributed by atoms with Crippen LogP contribution in [0.5, 0.6) is 0 Å². The monoisotopic (exact) mass is 384 g/mol. The molecule has 3 rings (SSSR count). The highest BCUT2D eigenvalue weighted by atomic mass is 35.5. The Labute approximate surface area is 161 Å². The highest BCUT2D eigenvalue weighted by Crippen LogP contribution is 2.31. The summed E-state index contributed by atoms with van der Waals surface area (Å²) in [5, 5.41) is 13.9. The van der Waals surface area contributed by atoms with Crippen LogP contribution in [0.4, 0.5) is 4.39 Å². The highest BCUT2D eigenvalue weighted by molar-refractivity contribution is 5.85. The van der Waals surface area contributed by atoms with Crippen LogP contribution >= 0.6 is 12.4 Å². The summed E-state index contributed by atoms with van der Waals surface area (Å²) in [5.74, 6) is 0.792. The Hall–Kier alpha value is -1.17. The smallest absolute Gasteiger partial charge is 0.222 e. The van der Waals surface area contributed by atoms with Gasteiger partial charge in [0.1, 0.15) is 5.82 Å². The molecule has 1 atom stereocenters. The summed E-state index contributed by atoms with van der Waals surface area (Å²) in [6, 6.07) is 6.07. The van der Waals surface area contributed by atoms with E-state index in [2.05, 4.69) is 5.32 Å². The van der Waals surface area contributed by atoms with E-state index in [1.54, 1.807) is 12.1 Å². The van der Waals surface area contributed by atoms with Gasteiger partial charge in [-0.1, -0.05) is 12.1 Å². The van der Waals surface area contributed by atoms with Crippen molar-refractivity contribution >= 4 is 18.3 Å². The van der Waals surface area contributed by atoms with Crippen molar-refractivity contribution in [3.05, 3.63) is 35.6 Å². The van der Waals surface area contributed by atoms with Gasteiger partial charge in [-0.15, -0.1) is 12.4 Å². The van der Waals surface area contributed by atoms with Crippen molar-refractivity contribution in [1.82, 2.24) is 10.2 Å². The van der Waals surface area contributed by atoms with Crippen LogP contribution in [0.3, 0.4) is 0 Å². The van der Waals surface area contributed by atoms with Crippen LogP contribution in [0.15, 0.2) is 24.3 Å². The first kappa shape index (κ1) is 21.1. The van der Waals surface area contributed by atoms with Crippen molar-refractivity contribution in [2.75, 3.05) is 26.2 Å². The molecule has 2 saturated heterocycles. The maximum Gasteiger partial charge on any atom is 0.222 e. The number of aliphatic hydroxyl groups excluding tert-OH is 1. The largest absolute Gasteiger partial charge is 0.388 e. The third-order valence-electron chi connectivity index (χ3n) is 5.78.